The Labute approximate surface area is 114 Å². The van der Waals surface area contributed by atoms with Crippen molar-refractivity contribution in [3.63, 3.8) is 0 Å². The van der Waals surface area contributed by atoms with Gasteiger partial charge in [-0.1, -0.05) is 24.2 Å². The molecule has 1 heterocycles. The third kappa shape index (κ3) is 2.33. The molecule has 6 heteroatoms. The van der Waals surface area contributed by atoms with Gasteiger partial charge in [0.15, 0.2) is 0 Å². The number of nitrogens with zero attached hydrogens (tertiary/aromatic N) is 1. The molecule has 1 aliphatic rings. The summed E-state index contributed by atoms with van der Waals surface area (Å²) in [5.74, 6) is 1.30. The van der Waals surface area contributed by atoms with Gasteiger partial charge >= 0.3 is 6.61 Å². The lowest BCUT2D eigenvalue weighted by Crippen LogP contribution is -2.01. The van der Waals surface area contributed by atoms with E-state index in [-0.39, 0.29) is 11.6 Å². The second kappa shape index (κ2) is 4.77. The first-order chi connectivity index (χ1) is 9.56. The van der Waals surface area contributed by atoms with Gasteiger partial charge in [0.05, 0.1) is 11.3 Å². The maximum Gasteiger partial charge on any atom is 0.387 e. The summed E-state index contributed by atoms with van der Waals surface area (Å²) in [6, 6.07) is 6.32. The number of nitrogens with two attached hydrogens (primary N) is 1. The van der Waals surface area contributed by atoms with Crippen LogP contribution < -0.4 is 10.5 Å². The van der Waals surface area contributed by atoms with E-state index in [4.69, 9.17) is 10.3 Å². The van der Waals surface area contributed by atoms with Crippen molar-refractivity contribution in [3.8, 4) is 16.9 Å². The van der Waals surface area contributed by atoms with Crippen molar-refractivity contribution < 1.29 is 18.0 Å². The van der Waals surface area contributed by atoms with E-state index in [2.05, 4.69) is 16.8 Å². The number of halogens is 2. The fourth-order valence-corrected chi connectivity index (χ4v) is 2.37. The number of hydrogen-bond acceptors (Lipinski definition) is 4. The molecule has 1 aromatic carbocycles. The van der Waals surface area contributed by atoms with Gasteiger partial charge in [0.1, 0.15) is 5.75 Å². The molecule has 0 spiro atoms. The zero-order valence-electron chi connectivity index (χ0n) is 10.8. The Morgan fingerprint density at radius 1 is 1.35 bits per heavy atom. The predicted molar refractivity (Wildman–Crippen MR) is 69.5 cm³/mol. The van der Waals surface area contributed by atoms with Gasteiger partial charge in [0.25, 0.3) is 0 Å². The highest BCUT2D eigenvalue weighted by atomic mass is 19.3. The van der Waals surface area contributed by atoms with Gasteiger partial charge in [-0.3, -0.25) is 0 Å². The minimum Gasteiger partial charge on any atom is -0.435 e. The van der Waals surface area contributed by atoms with E-state index in [0.717, 1.165) is 23.2 Å². The fourth-order valence-electron chi connectivity index (χ4n) is 2.37. The largest absolute Gasteiger partial charge is 0.435 e. The standard InChI is InChI=1S/C14H14F2N2O2/c1-7-6-10(7)12-11(13(17)20-18-12)8-2-4-9(5-3-8)19-14(15)16/h2-5,7,10,14H,6,17H2,1H3. The molecular weight excluding hydrogens is 266 g/mol. The second-order valence-electron chi connectivity index (χ2n) is 5.03. The fraction of sp³-hybridized carbons (Fsp3) is 0.357. The van der Waals surface area contributed by atoms with Gasteiger partial charge in [-0.2, -0.15) is 8.78 Å². The zero-order chi connectivity index (χ0) is 14.3. The molecule has 0 radical (unpaired) electrons. The summed E-state index contributed by atoms with van der Waals surface area (Å²) < 4.78 is 33.6. The lowest BCUT2D eigenvalue weighted by Gasteiger charge is -2.06. The van der Waals surface area contributed by atoms with E-state index >= 15 is 0 Å². The minimum atomic E-state index is -2.83. The molecule has 0 saturated heterocycles. The number of anilines is 1. The number of rotatable bonds is 4. The van der Waals surface area contributed by atoms with Gasteiger partial charge in [0, 0.05) is 5.92 Å². The van der Waals surface area contributed by atoms with Gasteiger partial charge in [-0.25, -0.2) is 0 Å². The van der Waals surface area contributed by atoms with Crippen molar-refractivity contribution in [2.45, 2.75) is 25.9 Å². The van der Waals surface area contributed by atoms with Gasteiger partial charge in [-0.05, 0) is 30.0 Å². The quantitative estimate of drug-likeness (QED) is 0.928. The van der Waals surface area contributed by atoms with Crippen molar-refractivity contribution >= 4 is 5.88 Å². The van der Waals surface area contributed by atoms with Crippen LogP contribution in [0.4, 0.5) is 14.7 Å². The van der Waals surface area contributed by atoms with Crippen LogP contribution in [-0.2, 0) is 0 Å². The molecule has 2 atom stereocenters. The van der Waals surface area contributed by atoms with Gasteiger partial charge in [-0.15, -0.1) is 0 Å². The first-order valence-electron chi connectivity index (χ1n) is 6.36. The monoisotopic (exact) mass is 280 g/mol. The first kappa shape index (κ1) is 12.9. The topological polar surface area (TPSA) is 61.3 Å². The molecule has 2 aromatic rings. The van der Waals surface area contributed by atoms with Crippen LogP contribution >= 0.6 is 0 Å². The van der Waals surface area contributed by atoms with E-state index in [1.165, 1.54) is 12.1 Å². The summed E-state index contributed by atoms with van der Waals surface area (Å²) in [4.78, 5) is 0. The molecule has 2 unspecified atom stereocenters. The average Bonchev–Trinajstić information content (AvgIpc) is 2.99. The number of benzene rings is 1. The second-order valence-corrected chi connectivity index (χ2v) is 5.03. The Balaban J connectivity index is 1.91. The highest BCUT2D eigenvalue weighted by Crippen LogP contribution is 2.50. The molecule has 0 aliphatic heterocycles. The Morgan fingerprint density at radius 2 is 2.00 bits per heavy atom. The molecule has 0 bridgehead atoms. The number of alkyl halides is 2. The SMILES string of the molecule is CC1CC1c1noc(N)c1-c1ccc(OC(F)F)cc1. The molecule has 20 heavy (non-hydrogen) atoms. The summed E-state index contributed by atoms with van der Waals surface area (Å²) in [5.41, 5.74) is 8.21. The summed E-state index contributed by atoms with van der Waals surface area (Å²) in [7, 11) is 0. The molecule has 1 saturated carbocycles. The normalized spacial score (nSPS) is 21.2. The molecule has 106 valence electrons. The number of hydrogen-bond donors (Lipinski definition) is 1. The van der Waals surface area contributed by atoms with E-state index in [0.29, 0.717) is 11.8 Å². The minimum absolute atomic E-state index is 0.111. The van der Waals surface area contributed by atoms with Crippen LogP contribution in [0.1, 0.15) is 25.0 Å². The van der Waals surface area contributed by atoms with Gasteiger partial charge in [0.2, 0.25) is 5.88 Å². The van der Waals surface area contributed by atoms with Crippen LogP contribution in [0.5, 0.6) is 5.75 Å². The van der Waals surface area contributed by atoms with E-state index in [1.54, 1.807) is 12.1 Å². The maximum absolute atomic E-state index is 12.1. The molecular formula is C14H14F2N2O2. The van der Waals surface area contributed by atoms with Crippen LogP contribution in [0, 0.1) is 5.92 Å². The van der Waals surface area contributed by atoms with E-state index in [1.807, 2.05) is 0 Å². The molecule has 2 N–H and O–H groups in total. The van der Waals surface area contributed by atoms with Crippen molar-refractivity contribution in [2.75, 3.05) is 5.73 Å². The Kier molecular flexibility index (Phi) is 3.08. The molecule has 1 fully saturated rings. The highest BCUT2D eigenvalue weighted by Gasteiger charge is 2.39. The smallest absolute Gasteiger partial charge is 0.387 e. The molecule has 1 aromatic heterocycles. The third-order valence-electron chi connectivity index (χ3n) is 3.57. The van der Waals surface area contributed by atoms with Crippen LogP contribution in [0.25, 0.3) is 11.1 Å². The number of nitrogen functional groups attached to an aromatic ring is 1. The van der Waals surface area contributed by atoms with E-state index in [9.17, 15) is 8.78 Å². The summed E-state index contributed by atoms with van der Waals surface area (Å²) in [6.45, 7) is -0.691. The highest BCUT2D eigenvalue weighted by molar-refractivity contribution is 5.76. The van der Waals surface area contributed by atoms with Crippen molar-refractivity contribution in [1.82, 2.24) is 5.16 Å². The molecule has 3 rings (SSSR count). The molecule has 0 amide bonds. The van der Waals surface area contributed by atoms with Crippen molar-refractivity contribution in [3.05, 3.63) is 30.0 Å². The lowest BCUT2D eigenvalue weighted by molar-refractivity contribution is -0.0498. The van der Waals surface area contributed by atoms with Crippen molar-refractivity contribution in [2.24, 2.45) is 5.92 Å². The maximum atomic E-state index is 12.1. The van der Waals surface area contributed by atoms with E-state index < -0.39 is 6.61 Å². The van der Waals surface area contributed by atoms with Crippen LogP contribution in [0.15, 0.2) is 28.8 Å². The average molecular weight is 280 g/mol. The van der Waals surface area contributed by atoms with Crippen LogP contribution in [0.3, 0.4) is 0 Å². The first-order valence-corrected chi connectivity index (χ1v) is 6.36. The van der Waals surface area contributed by atoms with Crippen molar-refractivity contribution in [1.29, 1.82) is 0 Å². The Bertz CT molecular complexity index is 610. The zero-order valence-corrected chi connectivity index (χ0v) is 10.8. The Morgan fingerprint density at radius 3 is 2.55 bits per heavy atom. The van der Waals surface area contributed by atoms with Gasteiger partial charge < -0.3 is 15.0 Å². The molecule has 1 aliphatic carbocycles. The Hall–Kier alpha value is -2.11. The molecule has 4 nitrogen and oxygen atoms in total. The lowest BCUT2D eigenvalue weighted by atomic mass is 10.0. The number of ether oxygens (including phenoxy) is 1. The third-order valence-corrected chi connectivity index (χ3v) is 3.57. The predicted octanol–water partition coefficient (Wildman–Crippen LogP) is 3.65. The summed E-state index contributed by atoms with van der Waals surface area (Å²) in [6.07, 6.45) is 1.06. The summed E-state index contributed by atoms with van der Waals surface area (Å²) >= 11 is 0. The van der Waals surface area contributed by atoms with Crippen LogP contribution in [-0.4, -0.2) is 11.8 Å². The number of aromatic nitrogens is 1. The summed E-state index contributed by atoms with van der Waals surface area (Å²) in [5, 5.41) is 4.02. The van der Waals surface area contributed by atoms with Crippen LogP contribution in [0.2, 0.25) is 0 Å².